The number of nitrogens with one attached hydrogen (secondary N) is 3. The number of aromatic nitrogens is 2. The minimum atomic E-state index is -0.283. The smallest absolute Gasteiger partial charge is 0.257 e. The Kier molecular flexibility index (Phi) is 5.34. The van der Waals surface area contributed by atoms with Crippen molar-refractivity contribution in [2.45, 2.75) is 6.92 Å². The van der Waals surface area contributed by atoms with Gasteiger partial charge in [-0.2, -0.15) is 0 Å². The molecule has 4 aromatic rings. The van der Waals surface area contributed by atoms with Gasteiger partial charge in [0.15, 0.2) is 0 Å². The first kappa shape index (κ1) is 19.1. The van der Waals surface area contributed by atoms with Crippen LogP contribution in [0, 0.1) is 0 Å². The molecule has 3 N–H and O–H groups in total. The van der Waals surface area contributed by atoms with E-state index in [2.05, 4.69) is 25.9 Å². The maximum absolute atomic E-state index is 12.6. The quantitative estimate of drug-likeness (QED) is 0.458. The summed E-state index contributed by atoms with van der Waals surface area (Å²) in [5, 5.41) is 9.82. The molecule has 7 nitrogen and oxygen atoms in total. The highest BCUT2D eigenvalue weighted by Crippen LogP contribution is 2.24. The van der Waals surface area contributed by atoms with Crippen LogP contribution in [0.3, 0.4) is 0 Å². The largest absolute Gasteiger partial charge is 0.352 e. The number of fused-ring (bicyclic) bond motifs is 1. The number of pyridine rings is 2. The third kappa shape index (κ3) is 4.41. The van der Waals surface area contributed by atoms with E-state index >= 15 is 0 Å². The van der Waals surface area contributed by atoms with Crippen molar-refractivity contribution in [3.63, 3.8) is 0 Å². The van der Waals surface area contributed by atoms with E-state index in [1.54, 1.807) is 42.7 Å². The van der Waals surface area contributed by atoms with E-state index < -0.39 is 0 Å². The van der Waals surface area contributed by atoms with Crippen LogP contribution in [0.25, 0.3) is 10.9 Å². The normalized spacial score (nSPS) is 10.4. The molecule has 2 aromatic heterocycles. The summed E-state index contributed by atoms with van der Waals surface area (Å²) in [5.41, 5.74) is 4.05. The van der Waals surface area contributed by atoms with Gasteiger partial charge in [-0.3, -0.25) is 19.6 Å². The molecule has 0 atom stereocenters. The highest BCUT2D eigenvalue weighted by atomic mass is 16.2. The summed E-state index contributed by atoms with van der Waals surface area (Å²) >= 11 is 0. The Hall–Kier alpha value is -4.26. The molecule has 0 fully saturated rings. The first-order chi connectivity index (χ1) is 14.6. The van der Waals surface area contributed by atoms with Crippen LogP contribution in [0.4, 0.5) is 22.7 Å². The summed E-state index contributed by atoms with van der Waals surface area (Å²) in [5.74, 6) is -0.432. The van der Waals surface area contributed by atoms with E-state index in [-0.39, 0.29) is 11.8 Å². The van der Waals surface area contributed by atoms with Gasteiger partial charge in [0.1, 0.15) is 0 Å². The van der Waals surface area contributed by atoms with E-state index in [0.29, 0.717) is 22.6 Å². The van der Waals surface area contributed by atoms with Gasteiger partial charge in [-0.05, 0) is 42.5 Å². The van der Waals surface area contributed by atoms with Crippen molar-refractivity contribution >= 4 is 45.5 Å². The van der Waals surface area contributed by atoms with Crippen LogP contribution in [0.1, 0.15) is 17.3 Å². The molecule has 2 aromatic carbocycles. The molecule has 148 valence electrons. The lowest BCUT2D eigenvalue weighted by Gasteiger charge is -2.11. The van der Waals surface area contributed by atoms with Gasteiger partial charge >= 0.3 is 0 Å². The second kappa shape index (κ2) is 8.40. The van der Waals surface area contributed by atoms with Crippen molar-refractivity contribution in [1.82, 2.24) is 9.97 Å². The minimum absolute atomic E-state index is 0.149. The highest BCUT2D eigenvalue weighted by molar-refractivity contribution is 6.05. The van der Waals surface area contributed by atoms with Gasteiger partial charge in [0, 0.05) is 36.1 Å². The molecular weight excluding hydrogens is 378 g/mol. The number of hydrogen-bond acceptors (Lipinski definition) is 5. The standard InChI is InChI=1S/C23H19N5O2/c1-15(29)26-18-7-9-19(10-8-18)28-23(30)17-12-20(14-24-13-17)27-21-6-2-4-16-5-3-11-25-22(16)21/h2-14,27H,1H3,(H,26,29)(H,28,30). The molecule has 0 radical (unpaired) electrons. The van der Waals surface area contributed by atoms with Crippen LogP contribution in [0.2, 0.25) is 0 Å². The molecule has 0 aliphatic heterocycles. The van der Waals surface area contributed by atoms with Gasteiger partial charge in [0.25, 0.3) is 5.91 Å². The fraction of sp³-hybridized carbons (Fsp3) is 0.0435. The summed E-state index contributed by atoms with van der Waals surface area (Å²) in [6.07, 6.45) is 4.90. The van der Waals surface area contributed by atoms with Crippen LogP contribution in [0.5, 0.6) is 0 Å². The Morgan fingerprint density at radius 3 is 2.33 bits per heavy atom. The van der Waals surface area contributed by atoms with E-state index in [0.717, 1.165) is 16.6 Å². The molecule has 7 heteroatoms. The number of hydrogen-bond donors (Lipinski definition) is 3. The molecule has 0 saturated heterocycles. The molecule has 4 rings (SSSR count). The number of benzene rings is 2. The average molecular weight is 397 g/mol. The maximum Gasteiger partial charge on any atom is 0.257 e. The lowest BCUT2D eigenvalue weighted by molar-refractivity contribution is -0.114. The maximum atomic E-state index is 12.6. The fourth-order valence-electron chi connectivity index (χ4n) is 3.04. The van der Waals surface area contributed by atoms with Crippen molar-refractivity contribution in [2.75, 3.05) is 16.0 Å². The van der Waals surface area contributed by atoms with Crippen LogP contribution in [-0.4, -0.2) is 21.8 Å². The van der Waals surface area contributed by atoms with E-state index in [9.17, 15) is 9.59 Å². The zero-order chi connectivity index (χ0) is 20.9. The zero-order valence-electron chi connectivity index (χ0n) is 16.2. The van der Waals surface area contributed by atoms with Crippen molar-refractivity contribution < 1.29 is 9.59 Å². The molecule has 2 heterocycles. The van der Waals surface area contributed by atoms with Crippen molar-refractivity contribution in [3.8, 4) is 0 Å². The van der Waals surface area contributed by atoms with Gasteiger partial charge in [0.05, 0.1) is 28.7 Å². The number of anilines is 4. The fourth-order valence-corrected chi connectivity index (χ4v) is 3.04. The summed E-state index contributed by atoms with van der Waals surface area (Å²) in [7, 11) is 0. The van der Waals surface area contributed by atoms with E-state index in [1.807, 2.05) is 30.3 Å². The first-order valence-corrected chi connectivity index (χ1v) is 9.33. The summed E-state index contributed by atoms with van der Waals surface area (Å²) in [6.45, 7) is 1.44. The predicted octanol–water partition coefficient (Wildman–Crippen LogP) is 4.58. The monoisotopic (exact) mass is 397 g/mol. The summed E-state index contributed by atoms with van der Waals surface area (Å²) < 4.78 is 0. The van der Waals surface area contributed by atoms with Crippen molar-refractivity contribution in [2.24, 2.45) is 0 Å². The molecule has 0 aliphatic carbocycles. The zero-order valence-corrected chi connectivity index (χ0v) is 16.2. The second-order valence-electron chi connectivity index (χ2n) is 6.68. The third-order valence-corrected chi connectivity index (χ3v) is 4.38. The van der Waals surface area contributed by atoms with Gasteiger partial charge in [-0.15, -0.1) is 0 Å². The SMILES string of the molecule is CC(=O)Nc1ccc(NC(=O)c2cncc(Nc3cccc4cccnc34)c2)cc1. The summed E-state index contributed by atoms with van der Waals surface area (Å²) in [6, 6.07) is 18.4. The van der Waals surface area contributed by atoms with Crippen molar-refractivity contribution in [3.05, 3.63) is 84.8 Å². The van der Waals surface area contributed by atoms with Crippen LogP contribution in [-0.2, 0) is 4.79 Å². The molecule has 0 spiro atoms. The molecule has 2 amide bonds. The lowest BCUT2D eigenvalue weighted by atomic mass is 10.2. The highest BCUT2D eigenvalue weighted by Gasteiger charge is 2.09. The minimum Gasteiger partial charge on any atom is -0.352 e. The molecule has 0 unspecified atom stereocenters. The Labute approximate surface area is 173 Å². The molecular formula is C23H19N5O2. The Morgan fingerprint density at radius 1 is 0.833 bits per heavy atom. The molecule has 0 bridgehead atoms. The van der Waals surface area contributed by atoms with E-state index in [1.165, 1.54) is 13.1 Å². The Balaban J connectivity index is 1.50. The van der Waals surface area contributed by atoms with Crippen LogP contribution < -0.4 is 16.0 Å². The topological polar surface area (TPSA) is 96.0 Å². The molecule has 0 saturated carbocycles. The Bertz CT molecular complexity index is 1220. The number of carbonyl (C=O) groups excluding carboxylic acids is 2. The summed E-state index contributed by atoms with van der Waals surface area (Å²) in [4.78, 5) is 32.3. The number of amides is 2. The Morgan fingerprint density at radius 2 is 1.57 bits per heavy atom. The van der Waals surface area contributed by atoms with Gasteiger partial charge in [-0.1, -0.05) is 18.2 Å². The number of nitrogens with zero attached hydrogens (tertiary/aromatic N) is 2. The first-order valence-electron chi connectivity index (χ1n) is 9.33. The number of carbonyl (C=O) groups is 2. The number of para-hydroxylation sites is 1. The third-order valence-electron chi connectivity index (χ3n) is 4.38. The van der Waals surface area contributed by atoms with Crippen LogP contribution >= 0.6 is 0 Å². The number of rotatable bonds is 5. The van der Waals surface area contributed by atoms with Crippen LogP contribution in [0.15, 0.2) is 79.3 Å². The average Bonchev–Trinajstić information content (AvgIpc) is 2.75. The molecule has 30 heavy (non-hydrogen) atoms. The second-order valence-corrected chi connectivity index (χ2v) is 6.68. The van der Waals surface area contributed by atoms with Gasteiger partial charge < -0.3 is 16.0 Å². The van der Waals surface area contributed by atoms with Crippen molar-refractivity contribution in [1.29, 1.82) is 0 Å². The van der Waals surface area contributed by atoms with Gasteiger partial charge in [-0.25, -0.2) is 0 Å². The predicted molar refractivity (Wildman–Crippen MR) is 118 cm³/mol. The lowest BCUT2D eigenvalue weighted by Crippen LogP contribution is -2.12. The van der Waals surface area contributed by atoms with E-state index in [4.69, 9.17) is 0 Å². The van der Waals surface area contributed by atoms with Gasteiger partial charge in [0.2, 0.25) is 5.91 Å². The molecule has 0 aliphatic rings.